The highest BCUT2D eigenvalue weighted by Gasteiger charge is 2.45. The SMILES string of the molecule is C=C1CC(COc2cccc3cccnc23)(c2ccc(-c3ccccc3)cc2)OC1=O. The molecule has 1 unspecified atom stereocenters. The minimum atomic E-state index is -0.916. The Morgan fingerprint density at radius 3 is 2.39 bits per heavy atom. The lowest BCUT2D eigenvalue weighted by atomic mass is 9.89. The highest BCUT2D eigenvalue weighted by atomic mass is 16.6. The highest BCUT2D eigenvalue weighted by molar-refractivity contribution is 5.91. The number of fused-ring (bicyclic) bond motifs is 1. The number of rotatable bonds is 5. The van der Waals surface area contributed by atoms with Crippen LogP contribution in [0.25, 0.3) is 22.0 Å². The summed E-state index contributed by atoms with van der Waals surface area (Å²) in [5.41, 5.74) is 3.43. The molecule has 0 spiro atoms. The number of benzene rings is 3. The van der Waals surface area contributed by atoms with Crippen molar-refractivity contribution in [2.75, 3.05) is 6.61 Å². The number of nitrogens with zero attached hydrogens (tertiary/aromatic N) is 1. The van der Waals surface area contributed by atoms with Gasteiger partial charge in [-0.15, -0.1) is 0 Å². The van der Waals surface area contributed by atoms with Crippen LogP contribution in [0.5, 0.6) is 5.75 Å². The summed E-state index contributed by atoms with van der Waals surface area (Å²) >= 11 is 0. The zero-order valence-corrected chi connectivity index (χ0v) is 17.0. The van der Waals surface area contributed by atoms with Gasteiger partial charge in [0.15, 0.2) is 5.60 Å². The first-order valence-corrected chi connectivity index (χ1v) is 10.2. The summed E-state index contributed by atoms with van der Waals surface area (Å²) in [5, 5.41) is 0.995. The molecule has 4 heteroatoms. The molecular weight excluding hydrogens is 386 g/mol. The largest absolute Gasteiger partial charge is 0.487 e. The van der Waals surface area contributed by atoms with E-state index in [1.165, 1.54) is 0 Å². The summed E-state index contributed by atoms with van der Waals surface area (Å²) in [6.07, 6.45) is 2.12. The summed E-state index contributed by atoms with van der Waals surface area (Å²) in [6, 6.07) is 27.9. The van der Waals surface area contributed by atoms with Gasteiger partial charge in [0.25, 0.3) is 0 Å². The van der Waals surface area contributed by atoms with Gasteiger partial charge in [-0.2, -0.15) is 0 Å². The number of cyclic esters (lactones) is 1. The summed E-state index contributed by atoms with van der Waals surface area (Å²) in [5.74, 6) is 0.277. The lowest BCUT2D eigenvalue weighted by molar-refractivity contribution is -0.150. The number of carbonyl (C=O) groups is 1. The monoisotopic (exact) mass is 407 g/mol. The van der Waals surface area contributed by atoms with Gasteiger partial charge in [-0.05, 0) is 28.8 Å². The molecule has 4 aromatic rings. The van der Waals surface area contributed by atoms with E-state index < -0.39 is 5.60 Å². The first kappa shape index (κ1) is 19.1. The van der Waals surface area contributed by atoms with Crippen molar-refractivity contribution in [3.63, 3.8) is 0 Å². The second-order valence-electron chi connectivity index (χ2n) is 7.73. The minimum Gasteiger partial charge on any atom is -0.487 e. The standard InChI is InChI=1S/C27H21NO3/c1-19-17-27(31-26(19)29,18-30-24-11-5-9-22-10-6-16-28-25(22)24)23-14-12-21(13-15-23)20-7-3-2-4-8-20/h2-16H,1,17-18H2. The Labute approximate surface area is 180 Å². The third-order valence-corrected chi connectivity index (χ3v) is 5.65. The van der Waals surface area contributed by atoms with E-state index in [4.69, 9.17) is 9.47 Å². The van der Waals surface area contributed by atoms with Crippen molar-refractivity contribution in [3.8, 4) is 16.9 Å². The van der Waals surface area contributed by atoms with Crippen LogP contribution in [-0.4, -0.2) is 17.6 Å². The summed E-state index contributed by atoms with van der Waals surface area (Å²) < 4.78 is 12.0. The number of carbonyl (C=O) groups excluding carboxylic acids is 1. The maximum absolute atomic E-state index is 12.3. The van der Waals surface area contributed by atoms with Gasteiger partial charge in [0, 0.05) is 23.6 Å². The van der Waals surface area contributed by atoms with Crippen LogP contribution in [0.4, 0.5) is 0 Å². The van der Waals surface area contributed by atoms with E-state index in [0.717, 1.165) is 27.6 Å². The van der Waals surface area contributed by atoms with Crippen molar-refractivity contribution in [2.24, 2.45) is 0 Å². The van der Waals surface area contributed by atoms with Crippen molar-refractivity contribution in [2.45, 2.75) is 12.0 Å². The van der Waals surface area contributed by atoms with Gasteiger partial charge in [-0.1, -0.05) is 79.4 Å². The molecule has 0 radical (unpaired) electrons. The highest BCUT2D eigenvalue weighted by Crippen LogP contribution is 2.40. The second kappa shape index (κ2) is 7.73. The molecule has 4 nitrogen and oxygen atoms in total. The lowest BCUT2D eigenvalue weighted by Crippen LogP contribution is -2.33. The van der Waals surface area contributed by atoms with E-state index in [9.17, 15) is 4.79 Å². The molecule has 0 amide bonds. The minimum absolute atomic E-state index is 0.179. The number of ether oxygens (including phenoxy) is 2. The molecule has 3 aromatic carbocycles. The Morgan fingerprint density at radius 1 is 0.903 bits per heavy atom. The number of aromatic nitrogens is 1. The van der Waals surface area contributed by atoms with Crippen LogP contribution < -0.4 is 4.74 Å². The maximum Gasteiger partial charge on any atom is 0.334 e. The predicted molar refractivity (Wildman–Crippen MR) is 121 cm³/mol. The van der Waals surface area contributed by atoms with E-state index >= 15 is 0 Å². The molecule has 0 N–H and O–H groups in total. The van der Waals surface area contributed by atoms with Gasteiger partial charge < -0.3 is 9.47 Å². The molecule has 31 heavy (non-hydrogen) atoms. The summed E-state index contributed by atoms with van der Waals surface area (Å²) in [4.78, 5) is 16.7. The van der Waals surface area contributed by atoms with Gasteiger partial charge in [-0.3, -0.25) is 4.98 Å². The molecule has 0 saturated carbocycles. The van der Waals surface area contributed by atoms with Gasteiger partial charge >= 0.3 is 5.97 Å². The van der Waals surface area contributed by atoms with E-state index in [2.05, 4.69) is 23.7 Å². The Kier molecular flexibility index (Phi) is 4.75. The number of para-hydroxylation sites is 1. The quantitative estimate of drug-likeness (QED) is 0.315. The molecule has 1 aliphatic rings. The molecule has 1 aliphatic heterocycles. The van der Waals surface area contributed by atoms with Crippen molar-refractivity contribution >= 4 is 16.9 Å². The number of hydrogen-bond donors (Lipinski definition) is 0. The lowest BCUT2D eigenvalue weighted by Gasteiger charge is -2.28. The fourth-order valence-electron chi connectivity index (χ4n) is 4.01. The molecule has 2 heterocycles. The van der Waals surface area contributed by atoms with E-state index in [0.29, 0.717) is 17.7 Å². The Morgan fingerprint density at radius 2 is 1.65 bits per heavy atom. The topological polar surface area (TPSA) is 48.4 Å². The van der Waals surface area contributed by atoms with Crippen LogP contribution in [0.2, 0.25) is 0 Å². The number of esters is 1. The van der Waals surface area contributed by atoms with Crippen LogP contribution in [0.15, 0.2) is 103 Å². The van der Waals surface area contributed by atoms with E-state index in [-0.39, 0.29) is 12.6 Å². The first-order chi connectivity index (χ1) is 15.1. The molecule has 0 bridgehead atoms. The predicted octanol–water partition coefficient (Wildman–Crippen LogP) is 5.68. The van der Waals surface area contributed by atoms with E-state index in [1.807, 2.05) is 72.8 Å². The molecule has 152 valence electrons. The molecule has 1 aromatic heterocycles. The summed E-state index contributed by atoms with van der Waals surface area (Å²) in [6.45, 7) is 4.06. The molecule has 1 atom stereocenters. The zero-order chi connectivity index (χ0) is 21.3. The van der Waals surface area contributed by atoms with Crippen LogP contribution in [0.3, 0.4) is 0 Å². The van der Waals surface area contributed by atoms with Crippen LogP contribution in [0.1, 0.15) is 12.0 Å². The first-order valence-electron chi connectivity index (χ1n) is 10.2. The molecule has 1 fully saturated rings. The van der Waals surface area contributed by atoms with Crippen molar-refractivity contribution in [1.29, 1.82) is 0 Å². The third-order valence-electron chi connectivity index (χ3n) is 5.65. The van der Waals surface area contributed by atoms with E-state index in [1.54, 1.807) is 6.20 Å². The average Bonchev–Trinajstić information content (AvgIpc) is 3.12. The molecule has 0 aliphatic carbocycles. The third kappa shape index (κ3) is 3.57. The van der Waals surface area contributed by atoms with Crippen molar-refractivity contribution in [3.05, 3.63) is 109 Å². The summed E-state index contributed by atoms with van der Waals surface area (Å²) in [7, 11) is 0. The molecule has 1 saturated heterocycles. The number of hydrogen-bond acceptors (Lipinski definition) is 4. The Balaban J connectivity index is 1.47. The van der Waals surface area contributed by atoms with Gasteiger partial charge in [-0.25, -0.2) is 4.79 Å². The van der Waals surface area contributed by atoms with Crippen LogP contribution in [0, 0.1) is 0 Å². The van der Waals surface area contributed by atoms with Crippen molar-refractivity contribution in [1.82, 2.24) is 4.98 Å². The van der Waals surface area contributed by atoms with Gasteiger partial charge in [0.2, 0.25) is 0 Å². The van der Waals surface area contributed by atoms with Gasteiger partial charge in [0.1, 0.15) is 17.9 Å². The Bertz CT molecular complexity index is 1240. The number of pyridine rings is 1. The van der Waals surface area contributed by atoms with Crippen molar-refractivity contribution < 1.29 is 14.3 Å². The maximum atomic E-state index is 12.3. The average molecular weight is 407 g/mol. The molecular formula is C27H21NO3. The fourth-order valence-corrected chi connectivity index (χ4v) is 4.01. The zero-order valence-electron chi connectivity index (χ0n) is 17.0. The smallest absolute Gasteiger partial charge is 0.334 e. The normalized spacial score (nSPS) is 18.2. The molecule has 5 rings (SSSR count). The van der Waals surface area contributed by atoms with Gasteiger partial charge in [0.05, 0.1) is 0 Å². The Hall–Kier alpha value is -3.92. The second-order valence-corrected chi connectivity index (χ2v) is 7.73. The van der Waals surface area contributed by atoms with Crippen LogP contribution in [-0.2, 0) is 15.1 Å². The fraction of sp³-hybridized carbons (Fsp3) is 0.111. The van der Waals surface area contributed by atoms with Crippen LogP contribution >= 0.6 is 0 Å².